The quantitative estimate of drug-likeness (QED) is 0.413. The zero-order valence-electron chi connectivity index (χ0n) is 16.2. The number of Topliss-reactive ketones (excluding diaryl/α,β-unsaturated/α-hetero) is 1. The molecular weight excluding hydrogens is 414 g/mol. The van der Waals surface area contributed by atoms with Gasteiger partial charge in [0, 0.05) is 41.2 Å². The van der Waals surface area contributed by atoms with Gasteiger partial charge in [-0.3, -0.25) is 25.0 Å². The molecule has 3 rings (SSSR count). The molecule has 9 nitrogen and oxygen atoms in total. The predicted octanol–water partition coefficient (Wildman–Crippen LogP) is 4.06. The summed E-state index contributed by atoms with van der Waals surface area (Å²) in [5, 5.41) is 33.3. The van der Waals surface area contributed by atoms with Gasteiger partial charge < -0.3 is 10.0 Å². The predicted molar refractivity (Wildman–Crippen MR) is 111 cm³/mol. The number of nitro groups is 2. The monoisotopic (exact) mass is 433 g/mol. The third-order valence-electron chi connectivity index (χ3n) is 5.48. The van der Waals surface area contributed by atoms with Gasteiger partial charge >= 0.3 is 5.69 Å². The maximum Gasteiger partial charge on any atom is 0.302 e. The summed E-state index contributed by atoms with van der Waals surface area (Å²) in [6.07, 6.45) is 0.827. The van der Waals surface area contributed by atoms with Crippen LogP contribution in [0.5, 0.6) is 0 Å². The summed E-state index contributed by atoms with van der Waals surface area (Å²) in [5.74, 6) is -0.319. The van der Waals surface area contributed by atoms with Crippen molar-refractivity contribution in [3.63, 3.8) is 0 Å². The van der Waals surface area contributed by atoms with Crippen LogP contribution in [0.25, 0.3) is 0 Å². The second-order valence-electron chi connectivity index (χ2n) is 7.18. The number of aliphatic hydroxyl groups excluding tert-OH is 1. The zero-order valence-corrected chi connectivity index (χ0v) is 17.0. The molecule has 2 aromatic carbocycles. The molecule has 1 aliphatic heterocycles. The van der Waals surface area contributed by atoms with Crippen LogP contribution in [-0.4, -0.2) is 33.8 Å². The average Bonchev–Trinajstić information content (AvgIpc) is 2.73. The third kappa shape index (κ3) is 4.12. The van der Waals surface area contributed by atoms with Crippen molar-refractivity contribution in [3.8, 4) is 0 Å². The molecule has 0 atom stereocenters. The van der Waals surface area contributed by atoms with Gasteiger partial charge in [0.25, 0.3) is 5.69 Å². The second kappa shape index (κ2) is 8.76. The van der Waals surface area contributed by atoms with E-state index in [1.165, 1.54) is 13.0 Å². The van der Waals surface area contributed by atoms with Crippen LogP contribution in [0.15, 0.2) is 30.3 Å². The average molecular weight is 434 g/mol. The van der Waals surface area contributed by atoms with Crippen molar-refractivity contribution in [2.75, 3.05) is 18.0 Å². The second-order valence-corrected chi connectivity index (χ2v) is 7.62. The number of nitro benzene ring substituents is 2. The van der Waals surface area contributed by atoms with Gasteiger partial charge in [-0.1, -0.05) is 11.6 Å². The van der Waals surface area contributed by atoms with E-state index in [0.29, 0.717) is 23.4 Å². The molecule has 0 radical (unpaired) electrons. The molecule has 158 valence electrons. The Kier molecular flexibility index (Phi) is 6.33. The molecule has 0 amide bonds. The van der Waals surface area contributed by atoms with Crippen molar-refractivity contribution in [2.45, 2.75) is 26.4 Å². The third-order valence-corrected chi connectivity index (χ3v) is 5.73. The molecule has 1 aliphatic rings. The summed E-state index contributed by atoms with van der Waals surface area (Å²) >= 11 is 5.86. The molecule has 0 bridgehead atoms. The van der Waals surface area contributed by atoms with E-state index in [1.54, 1.807) is 29.2 Å². The summed E-state index contributed by atoms with van der Waals surface area (Å²) in [5.41, 5.74) is 0.0111. The van der Waals surface area contributed by atoms with E-state index in [-0.39, 0.29) is 47.3 Å². The first-order chi connectivity index (χ1) is 14.2. The lowest BCUT2D eigenvalue weighted by Crippen LogP contribution is -2.37. The Morgan fingerprint density at radius 2 is 1.77 bits per heavy atom. The van der Waals surface area contributed by atoms with Crippen LogP contribution in [0.3, 0.4) is 0 Å². The molecule has 2 aromatic rings. The number of piperidine rings is 1. The summed E-state index contributed by atoms with van der Waals surface area (Å²) in [6, 6.07) is 7.78. The van der Waals surface area contributed by atoms with Gasteiger partial charge in [0.15, 0.2) is 11.5 Å². The summed E-state index contributed by atoms with van der Waals surface area (Å²) in [4.78, 5) is 36.3. The summed E-state index contributed by atoms with van der Waals surface area (Å²) in [7, 11) is 0. The number of benzene rings is 2. The first-order valence-electron chi connectivity index (χ1n) is 9.35. The number of rotatable bonds is 6. The highest BCUT2D eigenvalue weighted by Crippen LogP contribution is 2.43. The van der Waals surface area contributed by atoms with Gasteiger partial charge in [0.05, 0.1) is 16.5 Å². The van der Waals surface area contributed by atoms with Gasteiger partial charge in [-0.05, 0) is 49.6 Å². The number of carbonyl (C=O) groups excluding carboxylic acids is 1. The van der Waals surface area contributed by atoms with E-state index in [9.17, 15) is 30.1 Å². The topological polar surface area (TPSA) is 127 Å². The van der Waals surface area contributed by atoms with Crippen LogP contribution in [0.1, 0.15) is 34.3 Å². The Labute approximate surface area is 177 Å². The largest absolute Gasteiger partial charge is 0.392 e. The van der Waals surface area contributed by atoms with Gasteiger partial charge in [0.2, 0.25) is 0 Å². The van der Waals surface area contributed by atoms with Crippen molar-refractivity contribution in [3.05, 3.63) is 72.3 Å². The Bertz CT molecular complexity index is 1000. The van der Waals surface area contributed by atoms with E-state index in [2.05, 4.69) is 0 Å². The highest BCUT2D eigenvalue weighted by Gasteiger charge is 2.36. The Balaban J connectivity index is 1.90. The molecule has 10 heteroatoms. The van der Waals surface area contributed by atoms with Crippen molar-refractivity contribution in [1.29, 1.82) is 0 Å². The Hall–Kier alpha value is -3.04. The number of hydrogen-bond acceptors (Lipinski definition) is 7. The molecule has 0 unspecified atom stereocenters. The maximum absolute atomic E-state index is 12.7. The lowest BCUT2D eigenvalue weighted by atomic mass is 9.88. The summed E-state index contributed by atoms with van der Waals surface area (Å²) < 4.78 is 0. The fourth-order valence-corrected chi connectivity index (χ4v) is 3.97. The number of aliphatic hydroxyl groups is 1. The number of halogens is 1. The fraction of sp³-hybridized carbons (Fsp3) is 0.350. The SMILES string of the molecule is Cc1c(CO)cc([N+](=O)[O-])c(N2CCC(C(=O)c3ccc(Cl)cc3)CC2)c1[N+](=O)[O-]. The summed E-state index contributed by atoms with van der Waals surface area (Å²) in [6.45, 7) is 1.46. The molecule has 0 saturated carbocycles. The normalized spacial score (nSPS) is 14.6. The van der Waals surface area contributed by atoms with Crippen molar-refractivity contribution in [2.24, 2.45) is 5.92 Å². The lowest BCUT2D eigenvalue weighted by Gasteiger charge is -2.32. The van der Waals surface area contributed by atoms with E-state index in [4.69, 9.17) is 11.6 Å². The van der Waals surface area contributed by atoms with E-state index >= 15 is 0 Å². The molecular formula is C20H20ClN3O6. The van der Waals surface area contributed by atoms with Crippen LogP contribution < -0.4 is 4.90 Å². The number of nitrogens with zero attached hydrogens (tertiary/aromatic N) is 3. The molecule has 1 saturated heterocycles. The van der Waals surface area contributed by atoms with Crippen LogP contribution in [0.2, 0.25) is 5.02 Å². The first-order valence-corrected chi connectivity index (χ1v) is 9.73. The maximum atomic E-state index is 12.7. The minimum atomic E-state index is -0.675. The smallest absolute Gasteiger partial charge is 0.302 e. The minimum Gasteiger partial charge on any atom is -0.392 e. The molecule has 30 heavy (non-hydrogen) atoms. The molecule has 0 aromatic heterocycles. The molecule has 1 fully saturated rings. The molecule has 1 N–H and O–H groups in total. The van der Waals surface area contributed by atoms with Gasteiger partial charge in [-0.2, -0.15) is 0 Å². The lowest BCUT2D eigenvalue weighted by molar-refractivity contribution is -0.393. The number of anilines is 1. The van der Waals surface area contributed by atoms with Gasteiger partial charge in [-0.25, -0.2) is 0 Å². The van der Waals surface area contributed by atoms with Gasteiger partial charge in [-0.15, -0.1) is 0 Å². The first kappa shape index (κ1) is 21.7. The van der Waals surface area contributed by atoms with Crippen LogP contribution in [0, 0.1) is 33.1 Å². The van der Waals surface area contributed by atoms with Crippen LogP contribution >= 0.6 is 11.6 Å². The zero-order chi connectivity index (χ0) is 22.0. The molecule has 0 aliphatic carbocycles. The standard InChI is InChI=1S/C20H20ClN3O6/c1-12-15(11-25)10-17(23(27)28)19(18(12)24(29)30)22-8-6-14(7-9-22)20(26)13-2-4-16(21)5-3-13/h2-5,10,14,25H,6-9,11H2,1H3. The minimum absolute atomic E-state index is 0.0397. The highest BCUT2D eigenvalue weighted by atomic mass is 35.5. The number of ketones is 1. The highest BCUT2D eigenvalue weighted by molar-refractivity contribution is 6.30. The van der Waals surface area contributed by atoms with Gasteiger partial charge in [0.1, 0.15) is 0 Å². The van der Waals surface area contributed by atoms with Crippen LogP contribution in [0.4, 0.5) is 17.1 Å². The number of hydrogen-bond donors (Lipinski definition) is 1. The van der Waals surface area contributed by atoms with E-state index in [0.717, 1.165) is 0 Å². The van der Waals surface area contributed by atoms with Crippen molar-refractivity contribution in [1.82, 2.24) is 0 Å². The Morgan fingerprint density at radius 1 is 1.17 bits per heavy atom. The van der Waals surface area contributed by atoms with E-state index in [1.807, 2.05) is 0 Å². The van der Waals surface area contributed by atoms with Crippen LogP contribution in [-0.2, 0) is 6.61 Å². The van der Waals surface area contributed by atoms with Crippen molar-refractivity contribution >= 4 is 34.4 Å². The molecule has 1 heterocycles. The number of carbonyl (C=O) groups is 1. The van der Waals surface area contributed by atoms with Crippen molar-refractivity contribution < 1.29 is 19.7 Å². The molecule has 0 spiro atoms. The Morgan fingerprint density at radius 3 is 2.27 bits per heavy atom. The van der Waals surface area contributed by atoms with E-state index < -0.39 is 22.1 Å². The fourth-order valence-electron chi connectivity index (χ4n) is 3.85.